The van der Waals surface area contributed by atoms with Crippen molar-refractivity contribution in [1.29, 1.82) is 0 Å². The molecule has 7 nitrogen and oxygen atoms in total. The van der Waals surface area contributed by atoms with Crippen LogP contribution in [0.5, 0.6) is 0 Å². The monoisotopic (exact) mass is 316 g/mol. The molecule has 2 rings (SSSR count). The minimum atomic E-state index is -1.32. The predicted molar refractivity (Wildman–Crippen MR) is 84.5 cm³/mol. The van der Waals surface area contributed by atoms with Crippen LogP contribution in [0.1, 0.15) is 42.9 Å². The van der Waals surface area contributed by atoms with Crippen LogP contribution in [-0.4, -0.2) is 37.5 Å². The molecule has 1 unspecified atom stereocenters. The number of aliphatic carboxylic acids is 1. The van der Waals surface area contributed by atoms with E-state index in [1.165, 1.54) is 6.92 Å². The molecule has 122 valence electrons. The Labute approximate surface area is 134 Å². The molecule has 0 saturated carbocycles. The number of nitrogens with one attached hydrogen (secondary N) is 1. The first kappa shape index (κ1) is 16.7. The fourth-order valence-corrected chi connectivity index (χ4v) is 2.39. The molecule has 1 aromatic heterocycles. The molecule has 2 aromatic rings. The van der Waals surface area contributed by atoms with Gasteiger partial charge in [-0.2, -0.15) is 0 Å². The maximum atomic E-state index is 12.4. The molecule has 0 aliphatic rings. The van der Waals surface area contributed by atoms with Crippen LogP contribution in [0.4, 0.5) is 0 Å². The molecule has 0 saturated heterocycles. The average molecular weight is 316 g/mol. The highest BCUT2D eigenvalue weighted by Crippen LogP contribution is 2.16. The lowest BCUT2D eigenvalue weighted by Crippen LogP contribution is -2.52. The van der Waals surface area contributed by atoms with Crippen LogP contribution in [0.2, 0.25) is 0 Å². The first-order chi connectivity index (χ1) is 10.9. The quantitative estimate of drug-likeness (QED) is 0.849. The van der Waals surface area contributed by atoms with Crippen LogP contribution in [-0.2, 0) is 4.79 Å². The van der Waals surface area contributed by atoms with E-state index in [1.54, 1.807) is 11.6 Å². The normalized spacial score (nSPS) is 13.3. The largest absolute Gasteiger partial charge is 0.480 e. The second-order valence-corrected chi connectivity index (χ2v) is 5.61. The Morgan fingerprint density at radius 1 is 1.30 bits per heavy atom. The number of rotatable bonds is 6. The summed E-state index contributed by atoms with van der Waals surface area (Å²) >= 11 is 0. The third-order valence-electron chi connectivity index (χ3n) is 3.72. The maximum absolute atomic E-state index is 12.4. The Kier molecular flexibility index (Phi) is 4.78. The van der Waals surface area contributed by atoms with Crippen molar-refractivity contribution in [2.75, 3.05) is 0 Å². The summed E-state index contributed by atoms with van der Waals surface area (Å²) in [5, 5.41) is 19.8. The Bertz CT molecular complexity index is 711. The maximum Gasteiger partial charge on any atom is 0.329 e. The zero-order valence-corrected chi connectivity index (χ0v) is 13.4. The lowest BCUT2D eigenvalue weighted by Gasteiger charge is -2.25. The number of hydrogen-bond donors (Lipinski definition) is 2. The minimum Gasteiger partial charge on any atom is -0.480 e. The number of carboxylic acids is 1. The summed E-state index contributed by atoms with van der Waals surface area (Å²) in [5.74, 6) is -1.61. The molecule has 0 fully saturated rings. The van der Waals surface area contributed by atoms with Crippen LogP contribution in [0.25, 0.3) is 5.69 Å². The van der Waals surface area contributed by atoms with Gasteiger partial charge >= 0.3 is 5.97 Å². The molecular weight excluding hydrogens is 296 g/mol. The summed E-state index contributed by atoms with van der Waals surface area (Å²) in [7, 11) is 0. The van der Waals surface area contributed by atoms with Gasteiger partial charge < -0.3 is 10.4 Å². The van der Waals surface area contributed by atoms with Gasteiger partial charge in [-0.15, -0.1) is 5.10 Å². The molecule has 0 aliphatic heterocycles. The molecule has 1 atom stereocenters. The summed E-state index contributed by atoms with van der Waals surface area (Å²) in [6.45, 7) is 5.08. The summed E-state index contributed by atoms with van der Waals surface area (Å²) in [6, 6.07) is 9.30. The van der Waals surface area contributed by atoms with Gasteiger partial charge in [-0.1, -0.05) is 36.8 Å². The van der Waals surface area contributed by atoms with E-state index in [0.29, 0.717) is 18.5 Å². The minimum absolute atomic E-state index is 0.123. The van der Waals surface area contributed by atoms with E-state index < -0.39 is 17.4 Å². The van der Waals surface area contributed by atoms with Gasteiger partial charge in [0.15, 0.2) is 5.69 Å². The first-order valence-corrected chi connectivity index (χ1v) is 7.42. The summed E-state index contributed by atoms with van der Waals surface area (Å²) in [5.41, 5.74) is 0.135. The molecule has 0 bridgehead atoms. The van der Waals surface area contributed by atoms with Crippen molar-refractivity contribution in [1.82, 2.24) is 20.3 Å². The Balaban J connectivity index is 2.28. The zero-order valence-electron chi connectivity index (χ0n) is 13.4. The standard InChI is InChI=1S/C16H20N4O3/c1-4-10-16(3,15(22)23)17-14(21)13-11(2)20(19-18-13)12-8-6-5-7-9-12/h5-9H,4,10H2,1-3H3,(H,17,21)(H,22,23). The average Bonchev–Trinajstić information content (AvgIpc) is 2.90. The van der Waals surface area contributed by atoms with Crippen molar-refractivity contribution in [2.24, 2.45) is 0 Å². The topological polar surface area (TPSA) is 97.1 Å². The molecular formula is C16H20N4O3. The third-order valence-corrected chi connectivity index (χ3v) is 3.72. The fourth-order valence-electron chi connectivity index (χ4n) is 2.39. The van der Waals surface area contributed by atoms with Crippen LogP contribution in [0.3, 0.4) is 0 Å². The van der Waals surface area contributed by atoms with E-state index in [4.69, 9.17) is 0 Å². The fraction of sp³-hybridized carbons (Fsp3) is 0.375. The Morgan fingerprint density at radius 3 is 2.52 bits per heavy atom. The number of amides is 1. The number of benzene rings is 1. The van der Waals surface area contributed by atoms with Crippen molar-refractivity contribution in [3.8, 4) is 5.69 Å². The second-order valence-electron chi connectivity index (χ2n) is 5.61. The van der Waals surface area contributed by atoms with Gasteiger partial charge in [0.2, 0.25) is 0 Å². The SMILES string of the molecule is CCCC(C)(NC(=O)c1nnn(-c2ccccc2)c1C)C(=O)O. The second kappa shape index (κ2) is 6.60. The lowest BCUT2D eigenvalue weighted by molar-refractivity contribution is -0.144. The number of para-hydroxylation sites is 1. The van der Waals surface area contributed by atoms with Crippen molar-refractivity contribution in [3.05, 3.63) is 41.7 Å². The molecule has 7 heteroatoms. The molecule has 1 heterocycles. The number of carboxylic acid groups (broad SMARTS) is 1. The Hall–Kier alpha value is -2.70. The number of carbonyl (C=O) groups is 2. The highest BCUT2D eigenvalue weighted by atomic mass is 16.4. The van der Waals surface area contributed by atoms with Gasteiger partial charge in [-0.05, 0) is 32.4 Å². The Morgan fingerprint density at radius 2 is 1.96 bits per heavy atom. The highest BCUT2D eigenvalue weighted by Gasteiger charge is 2.35. The molecule has 2 N–H and O–H groups in total. The molecule has 0 spiro atoms. The van der Waals surface area contributed by atoms with Crippen molar-refractivity contribution in [2.45, 2.75) is 39.2 Å². The van der Waals surface area contributed by atoms with Gasteiger partial charge in [0.25, 0.3) is 5.91 Å². The van der Waals surface area contributed by atoms with Crippen molar-refractivity contribution >= 4 is 11.9 Å². The number of hydrogen-bond acceptors (Lipinski definition) is 4. The molecule has 1 amide bonds. The summed E-state index contributed by atoms with van der Waals surface area (Å²) in [4.78, 5) is 23.8. The van der Waals surface area contributed by atoms with Gasteiger partial charge in [0, 0.05) is 0 Å². The van der Waals surface area contributed by atoms with Gasteiger partial charge in [-0.25, -0.2) is 9.48 Å². The van der Waals surface area contributed by atoms with E-state index in [1.807, 2.05) is 37.3 Å². The number of aromatic nitrogens is 3. The zero-order chi connectivity index (χ0) is 17.0. The molecule has 23 heavy (non-hydrogen) atoms. The van der Waals surface area contributed by atoms with E-state index in [2.05, 4.69) is 15.6 Å². The highest BCUT2D eigenvalue weighted by molar-refractivity contribution is 5.97. The van der Waals surface area contributed by atoms with E-state index >= 15 is 0 Å². The summed E-state index contributed by atoms with van der Waals surface area (Å²) in [6.07, 6.45) is 0.971. The van der Waals surface area contributed by atoms with Crippen LogP contribution >= 0.6 is 0 Å². The van der Waals surface area contributed by atoms with Crippen LogP contribution in [0, 0.1) is 6.92 Å². The van der Waals surface area contributed by atoms with E-state index in [0.717, 1.165) is 5.69 Å². The van der Waals surface area contributed by atoms with Gasteiger partial charge in [-0.3, -0.25) is 4.79 Å². The van der Waals surface area contributed by atoms with Crippen LogP contribution < -0.4 is 5.32 Å². The lowest BCUT2D eigenvalue weighted by atomic mass is 9.96. The van der Waals surface area contributed by atoms with Gasteiger partial charge in [0.1, 0.15) is 5.54 Å². The van der Waals surface area contributed by atoms with E-state index in [9.17, 15) is 14.7 Å². The smallest absolute Gasteiger partial charge is 0.329 e. The molecule has 1 aromatic carbocycles. The van der Waals surface area contributed by atoms with Crippen LogP contribution in [0.15, 0.2) is 30.3 Å². The molecule has 0 radical (unpaired) electrons. The number of nitrogens with zero attached hydrogens (tertiary/aromatic N) is 3. The van der Waals surface area contributed by atoms with Crippen molar-refractivity contribution in [3.63, 3.8) is 0 Å². The first-order valence-electron chi connectivity index (χ1n) is 7.42. The predicted octanol–water partition coefficient (Wildman–Crippen LogP) is 1.95. The van der Waals surface area contributed by atoms with E-state index in [-0.39, 0.29) is 5.69 Å². The van der Waals surface area contributed by atoms with Gasteiger partial charge in [0.05, 0.1) is 11.4 Å². The summed E-state index contributed by atoms with van der Waals surface area (Å²) < 4.78 is 1.55. The number of carbonyl (C=O) groups excluding carboxylic acids is 1. The van der Waals surface area contributed by atoms with Crippen molar-refractivity contribution < 1.29 is 14.7 Å². The third kappa shape index (κ3) is 3.39. The molecule has 0 aliphatic carbocycles.